The van der Waals surface area contributed by atoms with E-state index in [4.69, 9.17) is 4.42 Å². The normalized spacial score (nSPS) is 11.9. The van der Waals surface area contributed by atoms with Crippen LogP contribution in [0.25, 0.3) is 10.9 Å². The zero-order valence-corrected chi connectivity index (χ0v) is 16.0. The second-order valence-electron chi connectivity index (χ2n) is 6.48. The number of para-hydroxylation sites is 1. The summed E-state index contributed by atoms with van der Waals surface area (Å²) in [5, 5.41) is 0.796. The Kier molecular flexibility index (Phi) is 5.23. The van der Waals surface area contributed by atoms with Crippen molar-refractivity contribution >= 4 is 20.9 Å². The maximum atomic E-state index is 13.5. The number of nitrogens with zero attached hydrogens (tertiary/aromatic N) is 2. The van der Waals surface area contributed by atoms with Gasteiger partial charge in [0.1, 0.15) is 10.7 Å². The van der Waals surface area contributed by atoms with Crippen LogP contribution in [0.15, 0.2) is 94.6 Å². The topological polar surface area (TPSA) is 63.4 Å². The molecule has 0 saturated heterocycles. The first-order valence-electron chi connectivity index (χ1n) is 9.05. The summed E-state index contributed by atoms with van der Waals surface area (Å²) < 4.78 is 33.9. The Morgan fingerprint density at radius 2 is 1.71 bits per heavy atom. The third-order valence-electron chi connectivity index (χ3n) is 4.62. The van der Waals surface area contributed by atoms with Gasteiger partial charge in [-0.25, -0.2) is 8.42 Å². The molecule has 0 aliphatic rings. The molecule has 2 aromatic carbocycles. The molecule has 5 nitrogen and oxygen atoms in total. The molecule has 0 unspecified atom stereocenters. The molecule has 4 rings (SSSR count). The van der Waals surface area contributed by atoms with E-state index in [0.29, 0.717) is 24.2 Å². The minimum Gasteiger partial charge on any atom is -0.468 e. The van der Waals surface area contributed by atoms with E-state index in [1.807, 2.05) is 42.5 Å². The maximum Gasteiger partial charge on any atom is 0.245 e. The Hall–Kier alpha value is -2.96. The molecule has 0 aliphatic heterocycles. The van der Waals surface area contributed by atoms with Gasteiger partial charge in [0, 0.05) is 18.1 Å². The first-order chi connectivity index (χ1) is 13.6. The largest absolute Gasteiger partial charge is 0.468 e. The van der Waals surface area contributed by atoms with Crippen LogP contribution in [0.5, 0.6) is 0 Å². The number of benzene rings is 2. The molecule has 142 valence electrons. The van der Waals surface area contributed by atoms with Gasteiger partial charge in [0.05, 0.1) is 18.3 Å². The van der Waals surface area contributed by atoms with Gasteiger partial charge in [0.2, 0.25) is 10.0 Å². The lowest BCUT2D eigenvalue weighted by Gasteiger charge is -2.22. The van der Waals surface area contributed by atoms with Crippen molar-refractivity contribution in [2.24, 2.45) is 0 Å². The first-order valence-corrected chi connectivity index (χ1v) is 10.5. The van der Waals surface area contributed by atoms with Crippen LogP contribution in [0.2, 0.25) is 0 Å². The Balaban J connectivity index is 1.71. The zero-order chi connectivity index (χ0) is 19.4. The average Bonchev–Trinajstić information content (AvgIpc) is 3.24. The molecular formula is C22H20N2O3S. The number of sulfonamides is 1. The van der Waals surface area contributed by atoms with Crippen LogP contribution in [0.3, 0.4) is 0 Å². The molecule has 0 spiro atoms. The van der Waals surface area contributed by atoms with E-state index in [2.05, 4.69) is 4.98 Å². The van der Waals surface area contributed by atoms with Gasteiger partial charge in [0.25, 0.3) is 0 Å². The molecule has 2 aromatic heterocycles. The summed E-state index contributed by atoms with van der Waals surface area (Å²) in [6.45, 7) is 0.516. The van der Waals surface area contributed by atoms with Crippen molar-refractivity contribution in [3.63, 3.8) is 0 Å². The van der Waals surface area contributed by atoms with E-state index in [9.17, 15) is 8.42 Å². The quantitative estimate of drug-likeness (QED) is 0.471. The maximum absolute atomic E-state index is 13.5. The summed E-state index contributed by atoms with van der Waals surface area (Å²) in [6.07, 6.45) is 3.78. The van der Waals surface area contributed by atoms with E-state index in [0.717, 1.165) is 10.9 Å². The van der Waals surface area contributed by atoms with Gasteiger partial charge in [-0.1, -0.05) is 48.5 Å². The molecule has 0 fully saturated rings. The van der Waals surface area contributed by atoms with Crippen LogP contribution in [0, 0.1) is 0 Å². The van der Waals surface area contributed by atoms with Crippen LogP contribution in [0.4, 0.5) is 0 Å². The van der Waals surface area contributed by atoms with Gasteiger partial charge >= 0.3 is 0 Å². The number of rotatable bonds is 7. The molecular weight excluding hydrogens is 372 g/mol. The molecule has 0 aliphatic carbocycles. The van der Waals surface area contributed by atoms with Gasteiger partial charge in [-0.2, -0.15) is 4.31 Å². The summed E-state index contributed by atoms with van der Waals surface area (Å²) in [5.74, 6) is 0.602. The highest BCUT2D eigenvalue weighted by Gasteiger charge is 2.27. The van der Waals surface area contributed by atoms with Gasteiger partial charge in [-0.05, 0) is 36.2 Å². The van der Waals surface area contributed by atoms with Crippen molar-refractivity contribution in [2.45, 2.75) is 17.9 Å². The lowest BCUT2D eigenvalue weighted by Crippen LogP contribution is -2.32. The Labute approximate surface area is 164 Å². The second kappa shape index (κ2) is 7.96. The smallest absolute Gasteiger partial charge is 0.245 e. The minimum absolute atomic E-state index is 0.172. The van der Waals surface area contributed by atoms with Crippen LogP contribution >= 0.6 is 0 Å². The molecule has 0 amide bonds. The fourth-order valence-corrected chi connectivity index (χ4v) is 4.75. The van der Waals surface area contributed by atoms with Crippen molar-refractivity contribution in [3.8, 4) is 0 Å². The van der Waals surface area contributed by atoms with Crippen LogP contribution in [-0.4, -0.2) is 24.3 Å². The molecule has 0 radical (unpaired) electrons. The Morgan fingerprint density at radius 1 is 0.893 bits per heavy atom. The number of hydrogen-bond donors (Lipinski definition) is 0. The molecule has 4 aromatic rings. The predicted molar refractivity (Wildman–Crippen MR) is 108 cm³/mol. The van der Waals surface area contributed by atoms with E-state index in [1.165, 1.54) is 4.31 Å². The van der Waals surface area contributed by atoms with Crippen molar-refractivity contribution < 1.29 is 12.8 Å². The molecule has 2 heterocycles. The van der Waals surface area contributed by atoms with Gasteiger partial charge in [-0.3, -0.25) is 4.98 Å². The Morgan fingerprint density at radius 3 is 2.50 bits per heavy atom. The summed E-state index contributed by atoms with van der Waals surface area (Å²) in [4.78, 5) is 4.53. The highest BCUT2D eigenvalue weighted by atomic mass is 32.2. The predicted octanol–water partition coefficient (Wildman–Crippen LogP) is 4.26. The minimum atomic E-state index is -3.76. The SMILES string of the molecule is O=S(=O)(c1cccc2cccnc12)N(CCc1ccccc1)Cc1ccco1. The van der Waals surface area contributed by atoms with Crippen LogP contribution < -0.4 is 0 Å². The summed E-state index contributed by atoms with van der Waals surface area (Å²) in [6, 6.07) is 22.3. The van der Waals surface area contributed by atoms with Crippen molar-refractivity contribution in [2.75, 3.05) is 6.54 Å². The fraction of sp³-hybridized carbons (Fsp3) is 0.136. The van der Waals surface area contributed by atoms with Gasteiger partial charge in [-0.15, -0.1) is 0 Å². The number of furan rings is 1. The van der Waals surface area contributed by atoms with E-state index in [1.54, 1.807) is 42.8 Å². The molecule has 6 heteroatoms. The van der Waals surface area contributed by atoms with Crippen molar-refractivity contribution in [1.29, 1.82) is 0 Å². The summed E-state index contributed by atoms with van der Waals surface area (Å²) in [5.41, 5.74) is 1.56. The van der Waals surface area contributed by atoms with Crippen LogP contribution in [0.1, 0.15) is 11.3 Å². The Bertz CT molecular complexity index is 1150. The van der Waals surface area contributed by atoms with Gasteiger partial charge < -0.3 is 4.42 Å². The second-order valence-corrected chi connectivity index (χ2v) is 8.39. The number of fused-ring (bicyclic) bond motifs is 1. The van der Waals surface area contributed by atoms with E-state index < -0.39 is 10.0 Å². The third-order valence-corrected chi connectivity index (χ3v) is 6.50. The van der Waals surface area contributed by atoms with Crippen molar-refractivity contribution in [1.82, 2.24) is 9.29 Å². The number of pyridine rings is 1. The fourth-order valence-electron chi connectivity index (χ4n) is 3.18. The average molecular weight is 392 g/mol. The lowest BCUT2D eigenvalue weighted by molar-refractivity contribution is 0.366. The van der Waals surface area contributed by atoms with Crippen molar-refractivity contribution in [3.05, 3.63) is 96.6 Å². The summed E-state index contributed by atoms with van der Waals surface area (Å²) in [7, 11) is -3.76. The highest BCUT2D eigenvalue weighted by Crippen LogP contribution is 2.25. The van der Waals surface area contributed by atoms with Crippen LogP contribution in [-0.2, 0) is 23.0 Å². The molecule has 0 N–H and O–H groups in total. The molecule has 28 heavy (non-hydrogen) atoms. The molecule has 0 atom stereocenters. The molecule has 0 saturated carbocycles. The number of aromatic nitrogens is 1. The number of hydrogen-bond acceptors (Lipinski definition) is 4. The zero-order valence-electron chi connectivity index (χ0n) is 15.2. The van der Waals surface area contributed by atoms with E-state index >= 15 is 0 Å². The van der Waals surface area contributed by atoms with Gasteiger partial charge in [0.15, 0.2) is 0 Å². The standard InChI is InChI=1S/C22H20N2O3S/c25-28(26,21-12-4-9-19-10-5-14-23-22(19)21)24(17-20-11-6-16-27-20)15-13-18-7-2-1-3-8-18/h1-12,14,16H,13,15,17H2. The summed E-state index contributed by atoms with van der Waals surface area (Å²) >= 11 is 0. The van der Waals surface area contributed by atoms with E-state index in [-0.39, 0.29) is 11.4 Å². The lowest BCUT2D eigenvalue weighted by atomic mass is 10.1. The first kappa shape index (κ1) is 18.4. The third kappa shape index (κ3) is 3.83. The highest BCUT2D eigenvalue weighted by molar-refractivity contribution is 7.89. The monoisotopic (exact) mass is 392 g/mol. The molecule has 0 bridgehead atoms.